The van der Waals surface area contributed by atoms with Gasteiger partial charge in [-0.3, -0.25) is 0 Å². The van der Waals surface area contributed by atoms with E-state index in [9.17, 15) is 0 Å². The quantitative estimate of drug-likeness (QED) is 0.511. The summed E-state index contributed by atoms with van der Waals surface area (Å²) in [4.78, 5) is 0. The molecule has 76 valence electrons. The van der Waals surface area contributed by atoms with Gasteiger partial charge in [0.15, 0.2) is 0 Å². The lowest BCUT2D eigenvalue weighted by Gasteiger charge is -2.31. The second kappa shape index (κ2) is 4.80. The van der Waals surface area contributed by atoms with Crippen molar-refractivity contribution in [2.24, 2.45) is 11.1 Å². The van der Waals surface area contributed by atoms with Crippen molar-refractivity contribution < 1.29 is 0 Å². The van der Waals surface area contributed by atoms with Crippen molar-refractivity contribution in [2.45, 2.75) is 57.9 Å². The zero-order valence-electron chi connectivity index (χ0n) is 8.89. The fourth-order valence-corrected chi connectivity index (χ4v) is 2.38. The van der Waals surface area contributed by atoms with Crippen molar-refractivity contribution in [3.63, 3.8) is 0 Å². The summed E-state index contributed by atoms with van der Waals surface area (Å²) < 4.78 is 0. The molecule has 1 atom stereocenters. The van der Waals surface area contributed by atoms with Gasteiger partial charge in [0.2, 0.25) is 0 Å². The second-order valence-corrected chi connectivity index (χ2v) is 4.69. The van der Waals surface area contributed by atoms with Crippen LogP contribution in [0.4, 0.5) is 0 Å². The van der Waals surface area contributed by atoms with Crippen molar-refractivity contribution in [1.29, 1.82) is 0 Å². The Morgan fingerprint density at radius 1 is 1.46 bits per heavy atom. The van der Waals surface area contributed by atoms with E-state index in [1.807, 2.05) is 6.08 Å². The molecule has 0 spiro atoms. The molecule has 1 rings (SSSR count). The van der Waals surface area contributed by atoms with Crippen LogP contribution < -0.4 is 5.73 Å². The highest BCUT2D eigenvalue weighted by Crippen LogP contribution is 2.40. The molecule has 1 saturated carbocycles. The van der Waals surface area contributed by atoms with Crippen LogP contribution in [0.15, 0.2) is 12.7 Å². The molecule has 0 saturated heterocycles. The average Bonchev–Trinajstić information content (AvgIpc) is 2.54. The molecule has 1 fully saturated rings. The van der Waals surface area contributed by atoms with Gasteiger partial charge < -0.3 is 5.73 Å². The summed E-state index contributed by atoms with van der Waals surface area (Å²) in [5.41, 5.74) is 6.67. The number of rotatable bonds is 5. The Morgan fingerprint density at radius 3 is 2.62 bits per heavy atom. The molecule has 13 heavy (non-hydrogen) atoms. The number of unbranched alkanes of at least 4 members (excludes halogenated alkanes) is 1. The fourth-order valence-electron chi connectivity index (χ4n) is 2.38. The SMILES string of the molecule is C=CCCCC(N)C1(C)CCCC1. The van der Waals surface area contributed by atoms with Gasteiger partial charge in [0.1, 0.15) is 0 Å². The minimum Gasteiger partial charge on any atom is -0.327 e. The summed E-state index contributed by atoms with van der Waals surface area (Å²) in [6.07, 6.45) is 10.9. The summed E-state index contributed by atoms with van der Waals surface area (Å²) >= 11 is 0. The van der Waals surface area contributed by atoms with E-state index in [1.165, 1.54) is 38.5 Å². The van der Waals surface area contributed by atoms with Crippen molar-refractivity contribution in [3.05, 3.63) is 12.7 Å². The van der Waals surface area contributed by atoms with E-state index in [0.29, 0.717) is 11.5 Å². The van der Waals surface area contributed by atoms with Crippen molar-refractivity contribution in [1.82, 2.24) is 0 Å². The van der Waals surface area contributed by atoms with Gasteiger partial charge in [-0.15, -0.1) is 6.58 Å². The maximum Gasteiger partial charge on any atom is 0.00930 e. The van der Waals surface area contributed by atoms with Gasteiger partial charge in [0, 0.05) is 6.04 Å². The van der Waals surface area contributed by atoms with E-state index in [-0.39, 0.29) is 0 Å². The molecule has 0 aromatic heterocycles. The Morgan fingerprint density at radius 2 is 2.08 bits per heavy atom. The van der Waals surface area contributed by atoms with Crippen LogP contribution in [0, 0.1) is 5.41 Å². The van der Waals surface area contributed by atoms with Crippen molar-refractivity contribution in [2.75, 3.05) is 0 Å². The molecule has 0 amide bonds. The number of hydrogen-bond donors (Lipinski definition) is 1. The lowest BCUT2D eigenvalue weighted by atomic mass is 9.79. The van der Waals surface area contributed by atoms with E-state index in [1.54, 1.807) is 0 Å². The molecule has 1 nitrogen and oxygen atoms in total. The van der Waals surface area contributed by atoms with Gasteiger partial charge in [-0.1, -0.05) is 25.8 Å². The van der Waals surface area contributed by atoms with Gasteiger partial charge in [-0.2, -0.15) is 0 Å². The van der Waals surface area contributed by atoms with E-state index >= 15 is 0 Å². The van der Waals surface area contributed by atoms with Crippen LogP contribution in [-0.4, -0.2) is 6.04 Å². The highest BCUT2D eigenvalue weighted by Gasteiger charge is 2.33. The van der Waals surface area contributed by atoms with E-state index in [0.717, 1.165) is 6.42 Å². The first kappa shape index (κ1) is 10.8. The first-order chi connectivity index (χ1) is 6.19. The first-order valence-electron chi connectivity index (χ1n) is 5.55. The van der Waals surface area contributed by atoms with E-state index in [4.69, 9.17) is 5.73 Å². The fraction of sp³-hybridized carbons (Fsp3) is 0.833. The maximum absolute atomic E-state index is 6.22. The van der Waals surface area contributed by atoms with Crippen LogP contribution in [-0.2, 0) is 0 Å². The molecule has 0 aromatic carbocycles. The molecule has 2 N–H and O–H groups in total. The number of allylic oxidation sites excluding steroid dienone is 1. The summed E-state index contributed by atoms with van der Waals surface area (Å²) in [6.45, 7) is 6.09. The van der Waals surface area contributed by atoms with Crippen LogP contribution in [0.25, 0.3) is 0 Å². The smallest absolute Gasteiger partial charge is 0.00930 e. The highest BCUT2D eigenvalue weighted by molar-refractivity contribution is 4.89. The normalized spacial score (nSPS) is 22.9. The third kappa shape index (κ3) is 2.84. The lowest BCUT2D eigenvalue weighted by Crippen LogP contribution is -2.37. The number of nitrogens with two attached hydrogens (primary N) is 1. The molecule has 1 aliphatic rings. The second-order valence-electron chi connectivity index (χ2n) is 4.69. The first-order valence-corrected chi connectivity index (χ1v) is 5.55. The summed E-state index contributed by atoms with van der Waals surface area (Å²) in [5.74, 6) is 0. The Hall–Kier alpha value is -0.300. The van der Waals surface area contributed by atoms with Gasteiger partial charge in [-0.25, -0.2) is 0 Å². The monoisotopic (exact) mass is 181 g/mol. The standard InChI is InChI=1S/C12H23N/c1-3-4-5-8-11(13)12(2)9-6-7-10-12/h3,11H,1,4-10,13H2,2H3. The van der Waals surface area contributed by atoms with E-state index in [2.05, 4.69) is 13.5 Å². The minimum absolute atomic E-state index is 0.412. The Kier molecular flexibility index (Phi) is 3.98. The molecule has 0 heterocycles. The predicted octanol–water partition coefficient (Wildman–Crippen LogP) is 3.25. The van der Waals surface area contributed by atoms with Gasteiger partial charge >= 0.3 is 0 Å². The average molecular weight is 181 g/mol. The van der Waals surface area contributed by atoms with E-state index < -0.39 is 0 Å². The number of hydrogen-bond acceptors (Lipinski definition) is 1. The van der Waals surface area contributed by atoms with Gasteiger partial charge in [-0.05, 0) is 37.5 Å². The molecule has 1 aliphatic carbocycles. The topological polar surface area (TPSA) is 26.0 Å². The minimum atomic E-state index is 0.412. The largest absolute Gasteiger partial charge is 0.327 e. The van der Waals surface area contributed by atoms with Crippen LogP contribution in [0.3, 0.4) is 0 Å². The van der Waals surface area contributed by atoms with Gasteiger partial charge in [0.25, 0.3) is 0 Å². The Bertz CT molecular complexity index is 157. The third-order valence-electron chi connectivity index (χ3n) is 3.56. The molecule has 0 bridgehead atoms. The molecule has 1 heteroatoms. The van der Waals surface area contributed by atoms with Crippen LogP contribution >= 0.6 is 0 Å². The van der Waals surface area contributed by atoms with Gasteiger partial charge in [0.05, 0.1) is 0 Å². The zero-order chi connectivity index (χ0) is 9.73. The van der Waals surface area contributed by atoms with Crippen LogP contribution in [0.2, 0.25) is 0 Å². The molecular weight excluding hydrogens is 158 g/mol. The molecule has 0 radical (unpaired) electrons. The van der Waals surface area contributed by atoms with Crippen molar-refractivity contribution >= 4 is 0 Å². The highest BCUT2D eigenvalue weighted by atomic mass is 14.7. The summed E-state index contributed by atoms with van der Waals surface area (Å²) in [6, 6.07) is 0.412. The molecule has 0 aromatic rings. The third-order valence-corrected chi connectivity index (χ3v) is 3.56. The van der Waals surface area contributed by atoms with Crippen LogP contribution in [0.5, 0.6) is 0 Å². The van der Waals surface area contributed by atoms with Crippen molar-refractivity contribution in [3.8, 4) is 0 Å². The Labute approximate surface area is 82.4 Å². The molecule has 1 unspecified atom stereocenters. The predicted molar refractivity (Wildman–Crippen MR) is 58.6 cm³/mol. The summed E-state index contributed by atoms with van der Waals surface area (Å²) in [7, 11) is 0. The zero-order valence-corrected chi connectivity index (χ0v) is 8.89. The Balaban J connectivity index is 2.28. The summed E-state index contributed by atoms with van der Waals surface area (Å²) in [5, 5.41) is 0. The molecular formula is C12H23N. The van der Waals surface area contributed by atoms with Crippen LogP contribution in [0.1, 0.15) is 51.9 Å². The maximum atomic E-state index is 6.22. The lowest BCUT2D eigenvalue weighted by molar-refractivity contribution is 0.248. The molecule has 0 aliphatic heterocycles.